The van der Waals surface area contributed by atoms with Crippen molar-refractivity contribution in [2.45, 2.75) is 0 Å². The van der Waals surface area contributed by atoms with Gasteiger partial charge in [0.15, 0.2) is 12.4 Å². The Bertz CT molecular complexity index is 2060. The fraction of sp³-hybridized carbons (Fsp3) is 0.0323. The first-order chi connectivity index (χ1) is 20.3. The summed E-state index contributed by atoms with van der Waals surface area (Å²) in [5.41, 5.74) is 1.82. The molecule has 0 saturated heterocycles. The number of para-hydroxylation sites is 1. The minimum Gasteiger partial charge on any atom is -0.483 e. The van der Waals surface area contributed by atoms with Gasteiger partial charge >= 0.3 is 0 Å². The van der Waals surface area contributed by atoms with Gasteiger partial charge in [-0.2, -0.15) is 9.78 Å². The van der Waals surface area contributed by atoms with E-state index in [4.69, 9.17) is 37.3 Å². The highest BCUT2D eigenvalue weighted by Crippen LogP contribution is 2.29. The van der Waals surface area contributed by atoms with Gasteiger partial charge in [-0.3, -0.25) is 9.59 Å². The van der Waals surface area contributed by atoms with Gasteiger partial charge in [0, 0.05) is 31.2 Å². The van der Waals surface area contributed by atoms with E-state index >= 15 is 0 Å². The van der Waals surface area contributed by atoms with Gasteiger partial charge in [0.2, 0.25) is 5.82 Å². The number of carbonyl (C=O) groups is 1. The first kappa shape index (κ1) is 27.7. The number of amides is 1. The van der Waals surface area contributed by atoms with E-state index in [2.05, 4.69) is 26.3 Å². The monoisotopic (exact) mass is 660 g/mol. The highest BCUT2D eigenvalue weighted by Gasteiger charge is 2.17. The molecule has 8 nitrogen and oxygen atoms in total. The number of nitrogens with zero attached hydrogens (tertiary/aromatic N) is 3. The number of aromatic nitrogens is 2. The lowest BCUT2D eigenvalue weighted by Crippen LogP contribution is -2.21. The fourth-order valence-electron chi connectivity index (χ4n) is 4.26. The number of furan rings is 1. The summed E-state index contributed by atoms with van der Waals surface area (Å²) in [6, 6.07) is 26.0. The maximum absolute atomic E-state index is 13.6. The van der Waals surface area contributed by atoms with Crippen LogP contribution in [0.25, 0.3) is 33.5 Å². The quantitative estimate of drug-likeness (QED) is 0.176. The minimum absolute atomic E-state index is 0.210. The highest BCUT2D eigenvalue weighted by atomic mass is 79.9. The standard InChI is InChI=1S/C31H19BrCl2N4O4/c32-20-5-11-26(41-17-29(39)36-23-9-6-21(33)7-10-23)19(13-20)16-35-38-30(37-25-4-2-1-3-24(25)31(38)40)28-15-18-14-22(34)8-12-27(18)42-28/h1-16H,17H2,(H,36,39). The Morgan fingerprint density at radius 2 is 1.79 bits per heavy atom. The third-order valence-corrected chi connectivity index (χ3v) is 7.20. The maximum Gasteiger partial charge on any atom is 0.282 e. The van der Waals surface area contributed by atoms with Gasteiger partial charge in [-0.1, -0.05) is 51.3 Å². The summed E-state index contributed by atoms with van der Waals surface area (Å²) in [6.45, 7) is -0.255. The molecule has 2 heterocycles. The Morgan fingerprint density at radius 1 is 1.00 bits per heavy atom. The number of carbonyl (C=O) groups excluding carboxylic acids is 1. The molecule has 208 valence electrons. The molecule has 1 amide bonds. The van der Waals surface area contributed by atoms with E-state index in [1.807, 2.05) is 0 Å². The summed E-state index contributed by atoms with van der Waals surface area (Å²) >= 11 is 15.5. The zero-order valence-corrected chi connectivity index (χ0v) is 24.7. The molecule has 0 aliphatic heterocycles. The normalized spacial score (nSPS) is 11.4. The largest absolute Gasteiger partial charge is 0.483 e. The lowest BCUT2D eigenvalue weighted by atomic mass is 10.2. The molecular formula is C31H19BrCl2N4O4. The summed E-state index contributed by atoms with van der Waals surface area (Å²) in [5.74, 6) is 0.583. The van der Waals surface area contributed by atoms with Crippen molar-refractivity contribution in [2.75, 3.05) is 11.9 Å². The van der Waals surface area contributed by atoms with Gasteiger partial charge in [0.05, 0.1) is 17.1 Å². The number of halogens is 3. The number of fused-ring (bicyclic) bond motifs is 2. The van der Waals surface area contributed by atoms with Crippen LogP contribution in [0.4, 0.5) is 5.69 Å². The highest BCUT2D eigenvalue weighted by molar-refractivity contribution is 9.10. The minimum atomic E-state index is -0.384. The van der Waals surface area contributed by atoms with E-state index in [1.165, 1.54) is 10.9 Å². The molecule has 0 saturated carbocycles. The van der Waals surface area contributed by atoms with Crippen molar-refractivity contribution in [1.82, 2.24) is 9.66 Å². The van der Waals surface area contributed by atoms with E-state index in [-0.39, 0.29) is 23.9 Å². The van der Waals surface area contributed by atoms with Crippen LogP contribution in [0.1, 0.15) is 5.56 Å². The molecule has 4 aromatic carbocycles. The first-order valence-electron chi connectivity index (χ1n) is 12.6. The number of hydrogen-bond acceptors (Lipinski definition) is 6. The third kappa shape index (κ3) is 5.94. The molecular weight excluding hydrogens is 643 g/mol. The van der Waals surface area contributed by atoms with E-state index in [0.29, 0.717) is 49.3 Å². The van der Waals surface area contributed by atoms with Crippen molar-refractivity contribution in [1.29, 1.82) is 0 Å². The first-order valence-corrected chi connectivity index (χ1v) is 14.1. The SMILES string of the molecule is O=C(COc1ccc(Br)cc1C=Nn1c(-c2cc3cc(Cl)ccc3o2)nc2ccccc2c1=O)Nc1ccc(Cl)cc1. The van der Waals surface area contributed by atoms with Crippen LogP contribution in [0, 0.1) is 0 Å². The van der Waals surface area contributed by atoms with Crippen molar-refractivity contribution < 1.29 is 13.9 Å². The number of nitrogens with one attached hydrogen (secondary N) is 1. The van der Waals surface area contributed by atoms with Crippen LogP contribution in [0.2, 0.25) is 10.0 Å². The topological polar surface area (TPSA) is 98.7 Å². The van der Waals surface area contributed by atoms with Crippen molar-refractivity contribution in [3.05, 3.63) is 121 Å². The lowest BCUT2D eigenvalue weighted by molar-refractivity contribution is -0.118. The molecule has 0 atom stereocenters. The number of benzene rings is 4. The summed E-state index contributed by atoms with van der Waals surface area (Å²) < 4.78 is 13.8. The lowest BCUT2D eigenvalue weighted by Gasteiger charge is -2.11. The van der Waals surface area contributed by atoms with E-state index in [9.17, 15) is 9.59 Å². The molecule has 2 aromatic heterocycles. The van der Waals surface area contributed by atoms with Crippen molar-refractivity contribution >= 4 is 78.8 Å². The molecule has 0 spiro atoms. The van der Waals surface area contributed by atoms with Crippen molar-refractivity contribution in [3.63, 3.8) is 0 Å². The fourth-order valence-corrected chi connectivity index (χ4v) is 4.95. The molecule has 0 fully saturated rings. The third-order valence-electron chi connectivity index (χ3n) is 6.22. The van der Waals surface area contributed by atoms with E-state index in [0.717, 1.165) is 9.86 Å². The molecule has 6 aromatic rings. The zero-order chi connectivity index (χ0) is 29.2. The van der Waals surface area contributed by atoms with Crippen LogP contribution in [0.5, 0.6) is 5.75 Å². The van der Waals surface area contributed by atoms with E-state index < -0.39 is 0 Å². The van der Waals surface area contributed by atoms with E-state index in [1.54, 1.807) is 91.0 Å². The Morgan fingerprint density at radius 3 is 2.62 bits per heavy atom. The predicted octanol–water partition coefficient (Wildman–Crippen LogP) is 7.78. The van der Waals surface area contributed by atoms with Crippen LogP contribution in [0.3, 0.4) is 0 Å². The van der Waals surface area contributed by atoms with Crippen LogP contribution in [0.15, 0.2) is 110 Å². The predicted molar refractivity (Wildman–Crippen MR) is 169 cm³/mol. The summed E-state index contributed by atoms with van der Waals surface area (Å²) in [4.78, 5) is 30.8. The smallest absolute Gasteiger partial charge is 0.282 e. The molecule has 0 aliphatic rings. The Hall–Kier alpha value is -4.44. The Kier molecular flexibility index (Phi) is 7.80. The van der Waals surface area contributed by atoms with Crippen molar-refractivity contribution in [2.24, 2.45) is 5.10 Å². The van der Waals surface area contributed by atoms with Gasteiger partial charge in [-0.15, -0.1) is 0 Å². The molecule has 42 heavy (non-hydrogen) atoms. The zero-order valence-electron chi connectivity index (χ0n) is 21.6. The number of rotatable bonds is 7. The van der Waals surface area contributed by atoms with Gasteiger partial charge < -0.3 is 14.5 Å². The molecule has 0 radical (unpaired) electrons. The molecule has 0 aliphatic carbocycles. The molecule has 1 N–H and O–H groups in total. The molecule has 6 rings (SSSR count). The second kappa shape index (κ2) is 11.8. The van der Waals surface area contributed by atoms with Crippen LogP contribution >= 0.6 is 39.1 Å². The Balaban J connectivity index is 1.35. The number of anilines is 1. The average Bonchev–Trinajstić information content (AvgIpc) is 3.40. The summed E-state index contributed by atoms with van der Waals surface area (Å²) in [5, 5.41) is 9.54. The second-order valence-corrected chi connectivity index (χ2v) is 10.9. The van der Waals surface area contributed by atoms with Gasteiger partial charge in [-0.05, 0) is 78.9 Å². The maximum atomic E-state index is 13.6. The molecule has 0 unspecified atom stereocenters. The van der Waals surface area contributed by atoms with Gasteiger partial charge in [-0.25, -0.2) is 4.98 Å². The van der Waals surface area contributed by atoms with Gasteiger partial charge in [0.25, 0.3) is 11.5 Å². The summed E-state index contributed by atoms with van der Waals surface area (Å²) in [7, 11) is 0. The van der Waals surface area contributed by atoms with Crippen LogP contribution in [-0.4, -0.2) is 28.4 Å². The number of ether oxygens (including phenoxy) is 1. The molecule has 11 heteroatoms. The van der Waals surface area contributed by atoms with Crippen molar-refractivity contribution in [3.8, 4) is 17.3 Å². The number of hydrogen-bond donors (Lipinski definition) is 1. The molecule has 0 bridgehead atoms. The van der Waals surface area contributed by atoms with Gasteiger partial charge in [0.1, 0.15) is 11.3 Å². The Labute approximate surface area is 257 Å². The van der Waals surface area contributed by atoms with Crippen LogP contribution < -0.4 is 15.6 Å². The average molecular weight is 662 g/mol. The summed E-state index contributed by atoms with van der Waals surface area (Å²) in [6.07, 6.45) is 1.47. The second-order valence-electron chi connectivity index (χ2n) is 9.13. The van der Waals surface area contributed by atoms with Crippen LogP contribution in [-0.2, 0) is 4.79 Å².